The monoisotopic (exact) mass is 356 g/mol. The summed E-state index contributed by atoms with van der Waals surface area (Å²) in [4.78, 5) is 13.4. The van der Waals surface area contributed by atoms with Crippen molar-refractivity contribution in [3.05, 3.63) is 39.1 Å². The van der Waals surface area contributed by atoms with Crippen LogP contribution in [0.15, 0.2) is 27.6 Å². The number of pyridine rings is 1. The molecule has 0 radical (unpaired) electrons. The summed E-state index contributed by atoms with van der Waals surface area (Å²) in [5.74, 6) is 1.49. The van der Waals surface area contributed by atoms with E-state index in [9.17, 15) is 0 Å². The first-order valence-corrected chi connectivity index (χ1v) is 7.98. The van der Waals surface area contributed by atoms with E-state index in [1.165, 1.54) is 0 Å². The van der Waals surface area contributed by atoms with Gasteiger partial charge in [-0.3, -0.25) is 0 Å². The normalized spacial score (nSPS) is 11.3. The minimum absolute atomic E-state index is 0.543. The Morgan fingerprint density at radius 1 is 1.37 bits per heavy atom. The maximum absolute atomic E-state index is 5.85. The summed E-state index contributed by atoms with van der Waals surface area (Å²) in [5, 5.41) is 2.04. The van der Waals surface area contributed by atoms with Crippen LogP contribution in [-0.4, -0.2) is 25.4 Å². The molecular weight excluding hydrogens is 348 g/mol. The Morgan fingerprint density at radius 3 is 3.00 bits per heavy atom. The number of thiazole rings is 1. The molecule has 0 spiro atoms. The van der Waals surface area contributed by atoms with Gasteiger partial charge in [-0.05, 0) is 22.0 Å². The molecule has 0 aliphatic heterocycles. The third-order valence-electron chi connectivity index (χ3n) is 2.75. The third kappa shape index (κ3) is 2.66. The van der Waals surface area contributed by atoms with Crippen molar-refractivity contribution in [1.82, 2.24) is 19.5 Å². The second kappa shape index (κ2) is 5.56. The zero-order valence-corrected chi connectivity index (χ0v) is 13.0. The maximum atomic E-state index is 5.85. The molecule has 0 amide bonds. The topological polar surface area (TPSA) is 43.6 Å². The predicted octanol–water partition coefficient (Wildman–Crippen LogP) is 3.48. The van der Waals surface area contributed by atoms with Gasteiger partial charge < -0.3 is 4.57 Å². The van der Waals surface area contributed by atoms with E-state index in [1.54, 1.807) is 17.5 Å². The lowest BCUT2D eigenvalue weighted by Gasteiger charge is -2.05. The summed E-state index contributed by atoms with van der Waals surface area (Å²) in [7, 11) is 0. The third-order valence-corrected chi connectivity index (χ3v) is 4.01. The number of alkyl halides is 1. The van der Waals surface area contributed by atoms with Crippen molar-refractivity contribution in [3.8, 4) is 0 Å². The lowest BCUT2D eigenvalue weighted by atomic mass is 10.4. The van der Waals surface area contributed by atoms with Crippen molar-refractivity contribution in [2.75, 3.05) is 5.88 Å². The molecule has 0 saturated carbocycles. The summed E-state index contributed by atoms with van der Waals surface area (Å²) in [5.41, 5.74) is 4.60. The van der Waals surface area contributed by atoms with Gasteiger partial charge in [-0.25, -0.2) is 15.0 Å². The molecule has 3 aromatic rings. The van der Waals surface area contributed by atoms with E-state index in [0.717, 1.165) is 33.6 Å². The van der Waals surface area contributed by atoms with Gasteiger partial charge in [0.2, 0.25) is 0 Å². The van der Waals surface area contributed by atoms with Crippen molar-refractivity contribution in [2.45, 2.75) is 13.0 Å². The van der Waals surface area contributed by atoms with E-state index < -0.39 is 0 Å². The molecule has 0 N–H and O–H groups in total. The fourth-order valence-electron chi connectivity index (χ4n) is 1.95. The molecule has 0 aromatic carbocycles. The van der Waals surface area contributed by atoms with E-state index in [4.69, 9.17) is 11.6 Å². The van der Waals surface area contributed by atoms with Crippen LogP contribution in [0.5, 0.6) is 0 Å². The highest BCUT2D eigenvalue weighted by atomic mass is 79.9. The quantitative estimate of drug-likeness (QED) is 0.671. The molecule has 3 heterocycles. The summed E-state index contributed by atoms with van der Waals surface area (Å²) in [6, 6.07) is 1.97. The molecule has 7 heteroatoms. The van der Waals surface area contributed by atoms with Gasteiger partial charge in [-0.15, -0.1) is 22.9 Å². The van der Waals surface area contributed by atoms with E-state index in [2.05, 4.69) is 35.4 Å². The number of fused-ring (bicyclic) bond motifs is 1. The van der Waals surface area contributed by atoms with Gasteiger partial charge in [0.25, 0.3) is 0 Å². The predicted molar refractivity (Wildman–Crippen MR) is 80.9 cm³/mol. The van der Waals surface area contributed by atoms with Crippen LogP contribution in [0.2, 0.25) is 0 Å². The van der Waals surface area contributed by atoms with Crippen LogP contribution in [0, 0.1) is 0 Å². The second-order valence-corrected chi connectivity index (χ2v) is 6.04. The van der Waals surface area contributed by atoms with Gasteiger partial charge in [-0.2, -0.15) is 0 Å². The number of nitrogens with zero attached hydrogens (tertiary/aromatic N) is 4. The smallest absolute Gasteiger partial charge is 0.160 e. The number of rotatable bonds is 4. The summed E-state index contributed by atoms with van der Waals surface area (Å²) < 4.78 is 3.01. The highest BCUT2D eigenvalue weighted by Crippen LogP contribution is 2.20. The van der Waals surface area contributed by atoms with E-state index in [1.807, 2.05) is 17.0 Å². The Morgan fingerprint density at radius 2 is 2.26 bits per heavy atom. The molecule has 3 aromatic heterocycles. The molecule has 4 nitrogen and oxygen atoms in total. The molecule has 0 bridgehead atoms. The highest BCUT2D eigenvalue weighted by Gasteiger charge is 2.13. The fraction of sp³-hybridized carbons (Fsp3) is 0.250. The fourth-order valence-corrected chi connectivity index (χ4v) is 2.99. The SMILES string of the molecule is ClCCc1nc2cc(Br)cnc2n1Cc1cscn1. The zero-order chi connectivity index (χ0) is 13.2. The first-order valence-electron chi connectivity index (χ1n) is 5.71. The number of aryl methyl sites for hydroxylation is 1. The minimum atomic E-state index is 0.543. The second-order valence-electron chi connectivity index (χ2n) is 4.03. The minimum Gasteiger partial charge on any atom is -0.307 e. The summed E-state index contributed by atoms with van der Waals surface area (Å²) >= 11 is 10.9. The first kappa shape index (κ1) is 13.0. The molecule has 0 fully saturated rings. The van der Waals surface area contributed by atoms with Crippen LogP contribution >= 0.6 is 38.9 Å². The van der Waals surface area contributed by atoms with E-state index in [-0.39, 0.29) is 0 Å². The molecule has 19 heavy (non-hydrogen) atoms. The molecule has 3 rings (SSSR count). The Balaban J connectivity index is 2.10. The molecule has 0 saturated heterocycles. The number of hydrogen-bond donors (Lipinski definition) is 0. The van der Waals surface area contributed by atoms with Crippen LogP contribution in [-0.2, 0) is 13.0 Å². The van der Waals surface area contributed by atoms with Crippen LogP contribution in [0.3, 0.4) is 0 Å². The maximum Gasteiger partial charge on any atom is 0.160 e. The van der Waals surface area contributed by atoms with Gasteiger partial charge in [0.1, 0.15) is 11.3 Å². The zero-order valence-electron chi connectivity index (χ0n) is 9.88. The van der Waals surface area contributed by atoms with E-state index in [0.29, 0.717) is 12.4 Å². The average Bonchev–Trinajstić information content (AvgIpc) is 2.99. The number of aromatic nitrogens is 4. The van der Waals surface area contributed by atoms with Crippen LogP contribution < -0.4 is 0 Å². The molecule has 0 atom stereocenters. The lowest BCUT2D eigenvalue weighted by Crippen LogP contribution is -2.06. The largest absolute Gasteiger partial charge is 0.307 e. The molecule has 0 aliphatic rings. The van der Waals surface area contributed by atoms with Crippen LogP contribution in [0.4, 0.5) is 0 Å². The number of halogens is 2. The van der Waals surface area contributed by atoms with Gasteiger partial charge in [0.15, 0.2) is 5.65 Å². The standard InChI is InChI=1S/C12H10BrClN4S/c13-8-3-10-12(15-4-8)18(11(17-10)1-2-14)5-9-6-19-7-16-9/h3-4,6-7H,1-2,5H2. The average molecular weight is 358 g/mol. The molecule has 0 unspecified atom stereocenters. The molecule has 98 valence electrons. The van der Waals surface area contributed by atoms with Gasteiger partial charge in [0.05, 0.1) is 17.7 Å². The lowest BCUT2D eigenvalue weighted by molar-refractivity contribution is 0.735. The molecule has 0 aliphatic carbocycles. The van der Waals surface area contributed by atoms with Crippen molar-refractivity contribution in [3.63, 3.8) is 0 Å². The van der Waals surface area contributed by atoms with Gasteiger partial charge in [0, 0.05) is 28.4 Å². The Labute approximate surface area is 127 Å². The summed E-state index contributed by atoms with van der Waals surface area (Å²) in [6.45, 7) is 0.681. The van der Waals surface area contributed by atoms with Gasteiger partial charge in [-0.1, -0.05) is 0 Å². The Kier molecular flexibility index (Phi) is 3.81. The van der Waals surface area contributed by atoms with Crippen LogP contribution in [0.1, 0.15) is 11.5 Å². The molecular formula is C12H10BrClN4S. The Hall–Kier alpha value is -0.980. The Bertz CT molecular complexity index is 695. The van der Waals surface area contributed by atoms with Crippen molar-refractivity contribution in [2.24, 2.45) is 0 Å². The van der Waals surface area contributed by atoms with Crippen molar-refractivity contribution < 1.29 is 0 Å². The van der Waals surface area contributed by atoms with Crippen molar-refractivity contribution >= 4 is 50.0 Å². The van der Waals surface area contributed by atoms with E-state index >= 15 is 0 Å². The summed E-state index contributed by atoms with van der Waals surface area (Å²) in [6.07, 6.45) is 2.51. The van der Waals surface area contributed by atoms with Crippen molar-refractivity contribution in [1.29, 1.82) is 0 Å². The number of imidazole rings is 1. The highest BCUT2D eigenvalue weighted by molar-refractivity contribution is 9.10. The van der Waals surface area contributed by atoms with Crippen LogP contribution in [0.25, 0.3) is 11.2 Å². The first-order chi connectivity index (χ1) is 9.28. The number of hydrogen-bond acceptors (Lipinski definition) is 4. The van der Waals surface area contributed by atoms with Gasteiger partial charge >= 0.3 is 0 Å².